The van der Waals surface area contributed by atoms with Gasteiger partial charge < -0.3 is 13.9 Å². The molecule has 1 atom stereocenters. The molecule has 1 aliphatic rings. The molecule has 0 N–H and O–H groups in total. The zero-order chi connectivity index (χ0) is 22.1. The van der Waals surface area contributed by atoms with E-state index in [1.807, 2.05) is 31.2 Å². The third kappa shape index (κ3) is 4.03. The van der Waals surface area contributed by atoms with Crippen LogP contribution in [0.5, 0.6) is 0 Å². The number of amides is 1. The third-order valence-electron chi connectivity index (χ3n) is 5.65. The van der Waals surface area contributed by atoms with Crippen molar-refractivity contribution in [2.24, 2.45) is 0 Å². The smallest absolute Gasteiger partial charge is 0.292 e. The van der Waals surface area contributed by atoms with E-state index in [1.54, 1.807) is 23.1 Å². The molecule has 5 rings (SSSR count). The number of benzene rings is 2. The van der Waals surface area contributed by atoms with Crippen LogP contribution in [-0.4, -0.2) is 39.2 Å². The lowest BCUT2D eigenvalue weighted by atomic mass is 9.97. The van der Waals surface area contributed by atoms with Crippen LogP contribution in [0.25, 0.3) is 22.6 Å². The van der Waals surface area contributed by atoms with E-state index in [4.69, 9.17) is 9.05 Å². The fourth-order valence-electron chi connectivity index (χ4n) is 3.90. The Kier molecular flexibility index (Phi) is 5.26. The normalized spacial score (nSPS) is 16.3. The van der Waals surface area contributed by atoms with Gasteiger partial charge in [-0.2, -0.15) is 4.98 Å². The predicted octanol–water partition coefficient (Wildman–Crippen LogP) is 4.86. The summed E-state index contributed by atoms with van der Waals surface area (Å²) in [7, 11) is 0. The molecular weight excluding hydrogens is 411 g/mol. The third-order valence-corrected chi connectivity index (χ3v) is 5.65. The van der Waals surface area contributed by atoms with Gasteiger partial charge in [0.1, 0.15) is 11.5 Å². The maximum absolute atomic E-state index is 13.5. The summed E-state index contributed by atoms with van der Waals surface area (Å²) < 4.78 is 24.3. The second-order valence-electron chi connectivity index (χ2n) is 8.00. The van der Waals surface area contributed by atoms with E-state index in [0.717, 1.165) is 24.0 Å². The van der Waals surface area contributed by atoms with Crippen LogP contribution in [0.2, 0.25) is 0 Å². The van der Waals surface area contributed by atoms with Gasteiger partial charge in [-0.3, -0.25) is 4.79 Å². The second-order valence-corrected chi connectivity index (χ2v) is 8.00. The van der Waals surface area contributed by atoms with E-state index in [9.17, 15) is 9.18 Å². The van der Waals surface area contributed by atoms with Crippen LogP contribution in [0.3, 0.4) is 0 Å². The van der Waals surface area contributed by atoms with Crippen LogP contribution in [0.1, 0.15) is 40.8 Å². The minimum absolute atomic E-state index is 0.0954. The van der Waals surface area contributed by atoms with E-state index in [1.165, 1.54) is 12.1 Å². The number of rotatable bonds is 4. The SMILES string of the molecule is Cc1ccc(-c2cc(C(=O)N3CCCC(c4nc(-c5cccc(F)c5)no4)C3)on2)cc1. The number of halogens is 1. The summed E-state index contributed by atoms with van der Waals surface area (Å²) in [5, 5.41) is 8.05. The molecule has 7 nitrogen and oxygen atoms in total. The Morgan fingerprint density at radius 2 is 1.91 bits per heavy atom. The molecule has 162 valence electrons. The zero-order valence-corrected chi connectivity index (χ0v) is 17.5. The predicted molar refractivity (Wildman–Crippen MR) is 114 cm³/mol. The highest BCUT2D eigenvalue weighted by Crippen LogP contribution is 2.29. The molecule has 1 unspecified atom stereocenters. The number of piperidine rings is 1. The van der Waals surface area contributed by atoms with Crippen molar-refractivity contribution >= 4 is 5.91 Å². The number of carbonyl (C=O) groups excluding carboxylic acids is 1. The minimum Gasteiger partial charge on any atom is -0.350 e. The van der Waals surface area contributed by atoms with Crippen LogP contribution < -0.4 is 0 Å². The number of aromatic nitrogens is 3. The highest BCUT2D eigenvalue weighted by molar-refractivity contribution is 5.92. The molecule has 0 saturated carbocycles. The first-order chi connectivity index (χ1) is 15.6. The molecule has 0 bridgehead atoms. The van der Waals surface area contributed by atoms with E-state index in [-0.39, 0.29) is 23.4 Å². The Labute approximate surface area is 183 Å². The number of carbonyl (C=O) groups is 1. The first kappa shape index (κ1) is 20.1. The summed E-state index contributed by atoms with van der Waals surface area (Å²) in [6.45, 7) is 3.06. The van der Waals surface area contributed by atoms with Gasteiger partial charge in [0.05, 0.1) is 5.92 Å². The molecule has 1 saturated heterocycles. The van der Waals surface area contributed by atoms with Gasteiger partial charge in [-0.15, -0.1) is 0 Å². The summed E-state index contributed by atoms with van der Waals surface area (Å²) in [6, 6.07) is 15.6. The van der Waals surface area contributed by atoms with Crippen molar-refractivity contribution < 1.29 is 18.2 Å². The van der Waals surface area contributed by atoms with E-state index >= 15 is 0 Å². The lowest BCUT2D eigenvalue weighted by molar-refractivity contribution is 0.0654. The molecular formula is C24H21FN4O3. The number of aryl methyl sites for hydroxylation is 1. The monoisotopic (exact) mass is 432 g/mol. The molecule has 0 aliphatic carbocycles. The number of hydrogen-bond donors (Lipinski definition) is 0. The number of likely N-dealkylation sites (tertiary alicyclic amines) is 1. The van der Waals surface area contributed by atoms with E-state index in [2.05, 4.69) is 15.3 Å². The van der Waals surface area contributed by atoms with Gasteiger partial charge in [-0.25, -0.2) is 4.39 Å². The van der Waals surface area contributed by atoms with Crippen molar-refractivity contribution in [1.29, 1.82) is 0 Å². The lowest BCUT2D eigenvalue weighted by Gasteiger charge is -2.30. The summed E-state index contributed by atoms with van der Waals surface area (Å²) in [5.74, 6) is 0.306. The van der Waals surface area contributed by atoms with Crippen molar-refractivity contribution in [3.05, 3.63) is 77.6 Å². The van der Waals surface area contributed by atoms with Crippen molar-refractivity contribution in [2.45, 2.75) is 25.7 Å². The van der Waals surface area contributed by atoms with Gasteiger partial charge in [-0.05, 0) is 31.9 Å². The molecule has 0 radical (unpaired) electrons. The molecule has 2 aromatic carbocycles. The number of nitrogens with zero attached hydrogens (tertiary/aromatic N) is 4. The Morgan fingerprint density at radius 3 is 2.72 bits per heavy atom. The van der Waals surface area contributed by atoms with Gasteiger partial charge in [-0.1, -0.05) is 52.3 Å². The first-order valence-corrected chi connectivity index (χ1v) is 10.5. The van der Waals surface area contributed by atoms with Gasteiger partial charge in [0.2, 0.25) is 17.5 Å². The topological polar surface area (TPSA) is 85.3 Å². The van der Waals surface area contributed by atoms with Crippen molar-refractivity contribution in [1.82, 2.24) is 20.2 Å². The highest BCUT2D eigenvalue weighted by Gasteiger charge is 2.31. The fraction of sp³-hybridized carbons (Fsp3) is 0.250. The zero-order valence-electron chi connectivity index (χ0n) is 17.5. The molecule has 1 aliphatic heterocycles. The van der Waals surface area contributed by atoms with E-state index < -0.39 is 0 Å². The lowest BCUT2D eigenvalue weighted by Crippen LogP contribution is -2.39. The first-order valence-electron chi connectivity index (χ1n) is 10.5. The average molecular weight is 432 g/mol. The Balaban J connectivity index is 1.30. The van der Waals surface area contributed by atoms with E-state index in [0.29, 0.717) is 36.1 Å². The fourth-order valence-corrected chi connectivity index (χ4v) is 3.90. The van der Waals surface area contributed by atoms with Gasteiger partial charge in [0.25, 0.3) is 5.91 Å². The highest BCUT2D eigenvalue weighted by atomic mass is 19.1. The van der Waals surface area contributed by atoms with Crippen LogP contribution >= 0.6 is 0 Å². The molecule has 2 aromatic heterocycles. The van der Waals surface area contributed by atoms with Gasteiger partial charge in [0, 0.05) is 30.3 Å². The minimum atomic E-state index is -0.361. The molecule has 1 amide bonds. The molecule has 3 heterocycles. The Hall–Kier alpha value is -3.81. The quantitative estimate of drug-likeness (QED) is 0.458. The Morgan fingerprint density at radius 1 is 1.06 bits per heavy atom. The average Bonchev–Trinajstić information content (AvgIpc) is 3.50. The van der Waals surface area contributed by atoms with Crippen LogP contribution in [-0.2, 0) is 0 Å². The standard InChI is InChI=1S/C24H21FN4O3/c1-15-7-9-16(10-8-15)20-13-21(31-27-20)24(30)29-11-3-5-18(14-29)23-26-22(28-32-23)17-4-2-6-19(25)12-17/h2,4,6-10,12-13,18H,3,5,11,14H2,1H3. The maximum atomic E-state index is 13.5. The van der Waals surface area contributed by atoms with Crippen LogP contribution in [0, 0.1) is 12.7 Å². The molecule has 32 heavy (non-hydrogen) atoms. The summed E-state index contributed by atoms with van der Waals surface area (Å²) in [5.41, 5.74) is 3.22. The van der Waals surface area contributed by atoms with Crippen molar-refractivity contribution in [3.8, 4) is 22.6 Å². The summed E-state index contributed by atoms with van der Waals surface area (Å²) in [6.07, 6.45) is 1.62. The molecule has 0 spiro atoms. The molecule has 8 heteroatoms. The van der Waals surface area contributed by atoms with Crippen LogP contribution in [0.4, 0.5) is 4.39 Å². The van der Waals surface area contributed by atoms with Crippen molar-refractivity contribution in [3.63, 3.8) is 0 Å². The maximum Gasteiger partial charge on any atom is 0.292 e. The van der Waals surface area contributed by atoms with Crippen molar-refractivity contribution in [2.75, 3.05) is 13.1 Å². The Bertz CT molecular complexity index is 1250. The van der Waals surface area contributed by atoms with Gasteiger partial charge in [0.15, 0.2) is 0 Å². The molecule has 1 fully saturated rings. The largest absolute Gasteiger partial charge is 0.350 e. The number of hydrogen-bond acceptors (Lipinski definition) is 6. The van der Waals surface area contributed by atoms with Crippen LogP contribution in [0.15, 0.2) is 63.6 Å². The summed E-state index contributed by atoms with van der Waals surface area (Å²) >= 11 is 0. The second kappa shape index (κ2) is 8.37. The molecule has 4 aromatic rings. The van der Waals surface area contributed by atoms with Gasteiger partial charge >= 0.3 is 0 Å². The summed E-state index contributed by atoms with van der Waals surface area (Å²) in [4.78, 5) is 19.2.